The van der Waals surface area contributed by atoms with E-state index in [2.05, 4.69) is 59.5 Å². The van der Waals surface area contributed by atoms with E-state index in [4.69, 9.17) is 13.9 Å². The highest BCUT2D eigenvalue weighted by atomic mass is 127. The van der Waals surface area contributed by atoms with E-state index in [-0.39, 0.29) is 30.0 Å². The van der Waals surface area contributed by atoms with E-state index < -0.39 is 0 Å². The lowest BCUT2D eigenvalue weighted by molar-refractivity contribution is 0.145. The molecule has 0 aliphatic rings. The van der Waals surface area contributed by atoms with E-state index in [0.29, 0.717) is 26.3 Å². The summed E-state index contributed by atoms with van der Waals surface area (Å²) in [5, 5.41) is 6.83. The number of benzene rings is 1. The number of guanidine groups is 1. The van der Waals surface area contributed by atoms with Crippen LogP contribution < -0.4 is 15.4 Å². The Morgan fingerprint density at radius 3 is 2.55 bits per heavy atom. The summed E-state index contributed by atoms with van der Waals surface area (Å²) in [6, 6.07) is 10.3. The number of aryl methyl sites for hydroxylation is 1. The monoisotopic (exact) mass is 544 g/mol. The summed E-state index contributed by atoms with van der Waals surface area (Å²) in [4.78, 5) is 6.74. The zero-order chi connectivity index (χ0) is 21.8. The Labute approximate surface area is 203 Å². The molecule has 7 nitrogen and oxygen atoms in total. The number of nitrogens with zero attached hydrogens (tertiary/aromatic N) is 2. The maximum absolute atomic E-state index is 5.89. The summed E-state index contributed by atoms with van der Waals surface area (Å²) >= 11 is 0. The number of aliphatic imine (C=N–C) groups is 1. The molecule has 1 heterocycles. The van der Waals surface area contributed by atoms with Gasteiger partial charge in [0.1, 0.15) is 18.1 Å². The van der Waals surface area contributed by atoms with Crippen molar-refractivity contribution < 1.29 is 13.9 Å². The summed E-state index contributed by atoms with van der Waals surface area (Å²) in [7, 11) is 3.45. The van der Waals surface area contributed by atoms with Gasteiger partial charge in [-0.05, 0) is 43.8 Å². The molecular formula is C23H37IN4O3. The Hall–Kier alpha value is -1.78. The van der Waals surface area contributed by atoms with Crippen LogP contribution in [0.2, 0.25) is 0 Å². The molecule has 31 heavy (non-hydrogen) atoms. The average Bonchev–Trinajstić information content (AvgIpc) is 3.29. The van der Waals surface area contributed by atoms with Crippen LogP contribution in [0.25, 0.3) is 0 Å². The SMILES string of the molecule is CCN(CC)C(CNC(=NC)NCc1ccc(C)cc1OCCOC)c1ccco1.I. The minimum absolute atomic E-state index is 0. The fourth-order valence-corrected chi connectivity index (χ4v) is 3.32. The number of hydrogen-bond acceptors (Lipinski definition) is 5. The fraction of sp³-hybridized carbons (Fsp3) is 0.522. The van der Waals surface area contributed by atoms with Gasteiger partial charge in [-0.3, -0.25) is 9.89 Å². The van der Waals surface area contributed by atoms with E-state index in [9.17, 15) is 0 Å². The minimum atomic E-state index is 0. The van der Waals surface area contributed by atoms with Gasteiger partial charge in [0, 0.05) is 32.8 Å². The molecule has 2 N–H and O–H groups in total. The second-order valence-electron chi connectivity index (χ2n) is 7.01. The van der Waals surface area contributed by atoms with Crippen LogP contribution in [0.1, 0.15) is 36.8 Å². The molecule has 1 atom stereocenters. The molecule has 0 aliphatic heterocycles. The first-order valence-corrected chi connectivity index (χ1v) is 10.6. The van der Waals surface area contributed by atoms with Gasteiger partial charge in [0.05, 0.1) is 18.9 Å². The highest BCUT2D eigenvalue weighted by molar-refractivity contribution is 14.0. The molecular weight excluding hydrogens is 507 g/mol. The third-order valence-electron chi connectivity index (χ3n) is 5.03. The number of halogens is 1. The summed E-state index contributed by atoms with van der Waals surface area (Å²) in [5.41, 5.74) is 2.24. The third kappa shape index (κ3) is 8.70. The molecule has 1 aromatic carbocycles. The number of likely N-dealkylation sites (N-methyl/N-ethyl adjacent to an activating group) is 1. The van der Waals surface area contributed by atoms with Crippen LogP contribution in [-0.4, -0.2) is 57.9 Å². The van der Waals surface area contributed by atoms with Gasteiger partial charge in [-0.25, -0.2) is 0 Å². The zero-order valence-corrected chi connectivity index (χ0v) is 21.6. The van der Waals surface area contributed by atoms with Crippen molar-refractivity contribution >= 4 is 29.9 Å². The molecule has 0 radical (unpaired) electrons. The lowest BCUT2D eigenvalue weighted by Crippen LogP contribution is -2.43. The third-order valence-corrected chi connectivity index (χ3v) is 5.03. The summed E-state index contributed by atoms with van der Waals surface area (Å²) < 4.78 is 16.7. The van der Waals surface area contributed by atoms with Crippen LogP contribution in [0.5, 0.6) is 5.75 Å². The topological polar surface area (TPSA) is 71.3 Å². The van der Waals surface area contributed by atoms with Gasteiger partial charge < -0.3 is 24.5 Å². The van der Waals surface area contributed by atoms with E-state index in [1.807, 2.05) is 12.1 Å². The van der Waals surface area contributed by atoms with Crippen LogP contribution in [-0.2, 0) is 11.3 Å². The zero-order valence-electron chi connectivity index (χ0n) is 19.3. The smallest absolute Gasteiger partial charge is 0.191 e. The molecule has 0 bridgehead atoms. The number of furan rings is 1. The maximum Gasteiger partial charge on any atom is 0.191 e. The van der Waals surface area contributed by atoms with Gasteiger partial charge in [-0.15, -0.1) is 24.0 Å². The maximum atomic E-state index is 5.89. The first-order valence-electron chi connectivity index (χ1n) is 10.6. The molecule has 8 heteroatoms. The van der Waals surface area contributed by atoms with Crippen molar-refractivity contribution in [2.24, 2.45) is 4.99 Å². The first-order chi connectivity index (χ1) is 14.6. The Kier molecular flexibility index (Phi) is 13.3. The Morgan fingerprint density at radius 2 is 1.94 bits per heavy atom. The Bertz CT molecular complexity index is 764. The van der Waals surface area contributed by atoms with Gasteiger partial charge in [0.15, 0.2) is 5.96 Å². The van der Waals surface area contributed by atoms with E-state index >= 15 is 0 Å². The highest BCUT2D eigenvalue weighted by Crippen LogP contribution is 2.21. The van der Waals surface area contributed by atoms with Gasteiger partial charge >= 0.3 is 0 Å². The summed E-state index contributed by atoms with van der Waals surface area (Å²) in [6.07, 6.45) is 1.72. The largest absolute Gasteiger partial charge is 0.491 e. The number of ether oxygens (including phenoxy) is 2. The molecule has 1 unspecified atom stereocenters. The predicted octanol–water partition coefficient (Wildman–Crippen LogP) is 3.98. The van der Waals surface area contributed by atoms with Crippen LogP contribution in [0.15, 0.2) is 46.0 Å². The lowest BCUT2D eigenvalue weighted by Gasteiger charge is -2.28. The molecule has 0 saturated heterocycles. The second kappa shape index (κ2) is 15.1. The van der Waals surface area contributed by atoms with Gasteiger partial charge in [-0.2, -0.15) is 0 Å². The second-order valence-corrected chi connectivity index (χ2v) is 7.01. The van der Waals surface area contributed by atoms with Crippen molar-refractivity contribution in [2.45, 2.75) is 33.4 Å². The molecule has 1 aromatic heterocycles. The van der Waals surface area contributed by atoms with Crippen molar-refractivity contribution in [3.8, 4) is 5.75 Å². The van der Waals surface area contributed by atoms with E-state index in [1.165, 1.54) is 0 Å². The standard InChI is InChI=1S/C23H36N4O3.HI/c1-6-27(7-2)20(21-9-8-12-29-21)17-26-23(24-4)25-16-19-11-10-18(3)15-22(19)30-14-13-28-5;/h8-12,15,20H,6-7,13-14,16-17H2,1-5H3,(H2,24,25,26);1H. The summed E-state index contributed by atoms with van der Waals surface area (Å²) in [6.45, 7) is 10.7. The van der Waals surface area contributed by atoms with Gasteiger partial charge in [0.2, 0.25) is 0 Å². The number of hydrogen-bond donors (Lipinski definition) is 2. The molecule has 0 fully saturated rings. The summed E-state index contributed by atoms with van der Waals surface area (Å²) in [5.74, 6) is 2.56. The van der Waals surface area contributed by atoms with Crippen LogP contribution >= 0.6 is 24.0 Å². The molecule has 0 aliphatic carbocycles. The van der Waals surface area contributed by atoms with Crippen LogP contribution in [0.4, 0.5) is 0 Å². The van der Waals surface area contributed by atoms with E-state index in [0.717, 1.165) is 41.7 Å². The van der Waals surface area contributed by atoms with Crippen LogP contribution in [0, 0.1) is 6.92 Å². The lowest BCUT2D eigenvalue weighted by atomic mass is 10.1. The minimum Gasteiger partial charge on any atom is -0.491 e. The predicted molar refractivity (Wildman–Crippen MR) is 137 cm³/mol. The molecule has 174 valence electrons. The first kappa shape index (κ1) is 27.3. The van der Waals surface area contributed by atoms with Crippen molar-refractivity contribution in [3.05, 3.63) is 53.5 Å². The van der Waals surface area contributed by atoms with Crippen molar-refractivity contribution in [1.29, 1.82) is 0 Å². The van der Waals surface area contributed by atoms with Crippen LogP contribution in [0.3, 0.4) is 0 Å². The Balaban J connectivity index is 0.00000480. The molecule has 2 rings (SSSR count). The normalized spacial score (nSPS) is 12.4. The Morgan fingerprint density at radius 1 is 1.16 bits per heavy atom. The van der Waals surface area contributed by atoms with Gasteiger partial charge in [0.25, 0.3) is 0 Å². The highest BCUT2D eigenvalue weighted by Gasteiger charge is 2.20. The van der Waals surface area contributed by atoms with Crippen molar-refractivity contribution in [3.63, 3.8) is 0 Å². The average molecular weight is 544 g/mol. The van der Waals surface area contributed by atoms with Crippen molar-refractivity contribution in [1.82, 2.24) is 15.5 Å². The van der Waals surface area contributed by atoms with E-state index in [1.54, 1.807) is 20.4 Å². The molecule has 2 aromatic rings. The van der Waals surface area contributed by atoms with Crippen molar-refractivity contribution in [2.75, 3.05) is 47.0 Å². The number of methoxy groups -OCH3 is 1. The molecule has 0 saturated carbocycles. The number of nitrogens with one attached hydrogen (secondary N) is 2. The quantitative estimate of drug-likeness (QED) is 0.182. The van der Waals surface area contributed by atoms with Gasteiger partial charge in [-0.1, -0.05) is 26.0 Å². The number of rotatable bonds is 12. The fourth-order valence-electron chi connectivity index (χ4n) is 3.32. The molecule has 0 amide bonds. The molecule has 0 spiro atoms.